The molecule has 0 spiro atoms. The van der Waals surface area contributed by atoms with Gasteiger partial charge in [-0.2, -0.15) is 0 Å². The monoisotopic (exact) mass is 349 g/mol. The van der Waals surface area contributed by atoms with Gasteiger partial charge in [0.2, 0.25) is 0 Å². The molecule has 1 aromatic heterocycles. The van der Waals surface area contributed by atoms with Crippen LogP contribution in [0, 0.1) is 0 Å². The molecule has 0 aliphatic heterocycles. The topological polar surface area (TPSA) is 22.1 Å². The van der Waals surface area contributed by atoms with E-state index in [-0.39, 0.29) is 0 Å². The fourth-order valence-corrected chi connectivity index (χ4v) is 3.87. The summed E-state index contributed by atoms with van der Waals surface area (Å²) in [5.41, 5.74) is 10.1. The number of rotatable bonds is 3. The summed E-state index contributed by atoms with van der Waals surface area (Å²) in [5, 5.41) is 0. The van der Waals surface area contributed by atoms with Crippen LogP contribution >= 0.6 is 0 Å². The number of fused-ring (bicyclic) bond motifs is 3. The third-order valence-corrected chi connectivity index (χ3v) is 5.27. The molecule has 0 fully saturated rings. The van der Waals surface area contributed by atoms with Crippen LogP contribution < -0.4 is 4.74 Å². The van der Waals surface area contributed by atoms with Gasteiger partial charge in [-0.05, 0) is 70.1 Å². The summed E-state index contributed by atoms with van der Waals surface area (Å²) in [4.78, 5) is 4.48. The van der Waals surface area contributed by atoms with E-state index in [4.69, 9.17) is 4.74 Å². The average molecular weight is 349 g/mol. The molecule has 1 aliphatic rings. The molecule has 0 radical (unpaired) electrons. The number of hydrogen-bond acceptors (Lipinski definition) is 2. The van der Waals surface area contributed by atoms with E-state index in [9.17, 15) is 0 Å². The predicted octanol–water partition coefficient (Wildman–Crippen LogP) is 6.00. The predicted molar refractivity (Wildman–Crippen MR) is 110 cm³/mol. The molecule has 0 unspecified atom stereocenters. The summed E-state index contributed by atoms with van der Waals surface area (Å²) in [6.07, 6.45) is 2.81. The fraction of sp³-hybridized carbons (Fsp3) is 0.0800. The fourth-order valence-electron chi connectivity index (χ4n) is 3.87. The lowest BCUT2D eigenvalue weighted by Crippen LogP contribution is -1.86. The Bertz CT molecular complexity index is 1110. The standard InChI is InChI=1S/C25H19NO/c1-27-22-9-5-17(6-10-22)18-7-11-23-20(14-18)16-21-15-19(8-12-24(21)23)25-4-2-3-13-26-25/h2-15H,16H2,1H3. The summed E-state index contributed by atoms with van der Waals surface area (Å²) in [6.45, 7) is 0. The van der Waals surface area contributed by atoms with Crippen LogP contribution in [-0.2, 0) is 6.42 Å². The molecule has 3 aromatic carbocycles. The summed E-state index contributed by atoms with van der Waals surface area (Å²) < 4.78 is 5.26. The molecular weight excluding hydrogens is 330 g/mol. The highest BCUT2D eigenvalue weighted by Crippen LogP contribution is 2.40. The molecule has 27 heavy (non-hydrogen) atoms. The highest BCUT2D eigenvalue weighted by molar-refractivity contribution is 5.82. The zero-order chi connectivity index (χ0) is 18.2. The van der Waals surface area contributed by atoms with E-state index in [2.05, 4.69) is 59.6 Å². The van der Waals surface area contributed by atoms with Crippen LogP contribution in [0.15, 0.2) is 85.1 Å². The highest BCUT2D eigenvalue weighted by Gasteiger charge is 2.19. The molecule has 2 heteroatoms. The first-order valence-electron chi connectivity index (χ1n) is 9.14. The second-order valence-electron chi connectivity index (χ2n) is 6.86. The van der Waals surface area contributed by atoms with Crippen LogP contribution in [-0.4, -0.2) is 12.1 Å². The molecule has 0 N–H and O–H groups in total. The van der Waals surface area contributed by atoms with Crippen LogP contribution in [0.4, 0.5) is 0 Å². The molecule has 0 saturated heterocycles. The molecule has 0 bridgehead atoms. The number of nitrogens with zero attached hydrogens (tertiary/aromatic N) is 1. The van der Waals surface area contributed by atoms with Crippen LogP contribution in [0.5, 0.6) is 5.75 Å². The van der Waals surface area contributed by atoms with Gasteiger partial charge in [0, 0.05) is 11.8 Å². The zero-order valence-electron chi connectivity index (χ0n) is 15.1. The minimum atomic E-state index is 0.884. The highest BCUT2D eigenvalue weighted by atomic mass is 16.5. The maximum atomic E-state index is 5.26. The molecular formula is C25H19NO. The van der Waals surface area contributed by atoms with E-state index in [1.807, 2.05) is 30.5 Å². The van der Waals surface area contributed by atoms with Gasteiger partial charge in [-0.1, -0.05) is 48.5 Å². The van der Waals surface area contributed by atoms with Gasteiger partial charge in [-0.15, -0.1) is 0 Å². The van der Waals surface area contributed by atoms with Gasteiger partial charge in [-0.3, -0.25) is 4.98 Å². The Morgan fingerprint density at radius 3 is 2.04 bits per heavy atom. The Labute approximate surface area is 159 Å². The first-order valence-corrected chi connectivity index (χ1v) is 9.14. The van der Waals surface area contributed by atoms with E-state index in [1.165, 1.54) is 38.9 Å². The van der Waals surface area contributed by atoms with E-state index in [0.717, 1.165) is 17.9 Å². The van der Waals surface area contributed by atoms with Crippen molar-refractivity contribution < 1.29 is 4.74 Å². The van der Waals surface area contributed by atoms with Crippen molar-refractivity contribution in [2.45, 2.75) is 6.42 Å². The number of aromatic nitrogens is 1. The lowest BCUT2D eigenvalue weighted by Gasteiger charge is -2.07. The first-order chi connectivity index (χ1) is 13.3. The summed E-state index contributed by atoms with van der Waals surface area (Å²) in [7, 11) is 1.70. The third-order valence-electron chi connectivity index (χ3n) is 5.27. The van der Waals surface area contributed by atoms with Gasteiger partial charge in [0.25, 0.3) is 0 Å². The van der Waals surface area contributed by atoms with E-state index in [1.54, 1.807) is 7.11 Å². The van der Waals surface area contributed by atoms with Crippen molar-refractivity contribution in [2.75, 3.05) is 7.11 Å². The van der Waals surface area contributed by atoms with Gasteiger partial charge in [-0.25, -0.2) is 0 Å². The Hall–Kier alpha value is -3.39. The van der Waals surface area contributed by atoms with Crippen LogP contribution in [0.1, 0.15) is 11.1 Å². The Kier molecular flexibility index (Phi) is 3.75. The minimum Gasteiger partial charge on any atom is -0.497 e. The lowest BCUT2D eigenvalue weighted by atomic mass is 9.99. The van der Waals surface area contributed by atoms with Gasteiger partial charge < -0.3 is 4.74 Å². The zero-order valence-corrected chi connectivity index (χ0v) is 15.1. The number of pyridine rings is 1. The molecule has 130 valence electrons. The molecule has 5 rings (SSSR count). The van der Waals surface area contributed by atoms with Crippen LogP contribution in [0.25, 0.3) is 33.5 Å². The Balaban J connectivity index is 1.50. The van der Waals surface area contributed by atoms with E-state index >= 15 is 0 Å². The van der Waals surface area contributed by atoms with E-state index < -0.39 is 0 Å². The van der Waals surface area contributed by atoms with Crippen molar-refractivity contribution >= 4 is 0 Å². The summed E-state index contributed by atoms with van der Waals surface area (Å²) in [6, 6.07) is 27.8. The third kappa shape index (κ3) is 2.80. The first kappa shape index (κ1) is 15.8. The van der Waals surface area contributed by atoms with Crippen molar-refractivity contribution in [2.24, 2.45) is 0 Å². The maximum Gasteiger partial charge on any atom is 0.118 e. The van der Waals surface area contributed by atoms with Crippen molar-refractivity contribution in [1.29, 1.82) is 0 Å². The number of hydrogen-bond donors (Lipinski definition) is 0. The van der Waals surface area contributed by atoms with Gasteiger partial charge in [0.1, 0.15) is 5.75 Å². The van der Waals surface area contributed by atoms with Gasteiger partial charge >= 0.3 is 0 Å². The number of methoxy groups -OCH3 is 1. The largest absolute Gasteiger partial charge is 0.497 e. The molecule has 1 heterocycles. The van der Waals surface area contributed by atoms with Gasteiger partial charge in [0.15, 0.2) is 0 Å². The molecule has 2 nitrogen and oxygen atoms in total. The van der Waals surface area contributed by atoms with Crippen molar-refractivity contribution in [1.82, 2.24) is 4.98 Å². The van der Waals surface area contributed by atoms with Crippen molar-refractivity contribution in [3.05, 3.63) is 96.2 Å². The normalized spacial score (nSPS) is 11.7. The smallest absolute Gasteiger partial charge is 0.118 e. The maximum absolute atomic E-state index is 5.26. The Morgan fingerprint density at radius 1 is 0.704 bits per heavy atom. The van der Waals surface area contributed by atoms with Crippen molar-refractivity contribution in [3.8, 4) is 39.3 Å². The summed E-state index contributed by atoms with van der Waals surface area (Å²) in [5.74, 6) is 0.884. The van der Waals surface area contributed by atoms with E-state index in [0.29, 0.717) is 0 Å². The Morgan fingerprint density at radius 2 is 1.37 bits per heavy atom. The molecule has 4 aromatic rings. The quantitative estimate of drug-likeness (QED) is 0.399. The SMILES string of the molecule is COc1ccc(-c2ccc3c(c2)Cc2cc(-c4ccccn4)ccc2-3)cc1. The average Bonchev–Trinajstić information content (AvgIpc) is 3.11. The second-order valence-corrected chi connectivity index (χ2v) is 6.86. The molecule has 0 saturated carbocycles. The minimum absolute atomic E-state index is 0.884. The van der Waals surface area contributed by atoms with Gasteiger partial charge in [0.05, 0.1) is 12.8 Å². The second kappa shape index (κ2) is 6.40. The molecule has 0 atom stereocenters. The molecule has 0 amide bonds. The van der Waals surface area contributed by atoms with Crippen LogP contribution in [0.2, 0.25) is 0 Å². The van der Waals surface area contributed by atoms with Crippen molar-refractivity contribution in [3.63, 3.8) is 0 Å². The molecule has 1 aliphatic carbocycles. The van der Waals surface area contributed by atoms with Crippen LogP contribution in [0.3, 0.4) is 0 Å². The number of ether oxygens (including phenoxy) is 1. The lowest BCUT2D eigenvalue weighted by molar-refractivity contribution is 0.415. The number of benzene rings is 3. The summed E-state index contributed by atoms with van der Waals surface area (Å²) >= 11 is 0.